The maximum Gasteiger partial charge on any atom is 0.120 e. The molecule has 1 rings (SSSR count). The van der Waals surface area contributed by atoms with Gasteiger partial charge in [-0.05, 0) is 54.6 Å². The minimum atomic E-state index is 0.442. The van der Waals surface area contributed by atoms with Crippen molar-refractivity contribution in [3.63, 3.8) is 0 Å². The van der Waals surface area contributed by atoms with Crippen LogP contribution in [0.3, 0.4) is 0 Å². The van der Waals surface area contributed by atoms with Crippen molar-refractivity contribution in [3.05, 3.63) is 0 Å². The molecule has 0 spiro atoms. The van der Waals surface area contributed by atoms with Gasteiger partial charge in [0, 0.05) is 6.54 Å². The molecule has 1 aliphatic rings. The van der Waals surface area contributed by atoms with Gasteiger partial charge in [0.05, 0.1) is 0 Å². The molecule has 0 amide bonds. The Hall–Kier alpha value is 0.540. The van der Waals surface area contributed by atoms with E-state index < -0.39 is 0 Å². The van der Waals surface area contributed by atoms with Gasteiger partial charge in [-0.3, -0.25) is 15.1 Å². The first-order chi connectivity index (χ1) is 9.00. The smallest absolute Gasteiger partial charge is 0.120 e. The van der Waals surface area contributed by atoms with Gasteiger partial charge in [-0.25, -0.2) is 0 Å². The molecular weight excluding hydrogens is 276 g/mol. The van der Waals surface area contributed by atoms with Crippen LogP contribution in [0.2, 0.25) is 0 Å². The predicted octanol–water partition coefficient (Wildman–Crippen LogP) is 2.15. The lowest BCUT2D eigenvalue weighted by molar-refractivity contribution is 0.232. The van der Waals surface area contributed by atoms with Gasteiger partial charge in [-0.15, -0.1) is 0 Å². The highest BCUT2D eigenvalue weighted by Crippen LogP contribution is 2.38. The molecule has 1 heterocycles. The lowest BCUT2D eigenvalue weighted by Crippen LogP contribution is -2.45. The summed E-state index contributed by atoms with van der Waals surface area (Å²) in [6.07, 6.45) is 5.33. The zero-order valence-electron chi connectivity index (χ0n) is 13.1. The molecule has 1 N–H and O–H groups in total. The van der Waals surface area contributed by atoms with Gasteiger partial charge in [0.2, 0.25) is 0 Å². The number of nitrogens with one attached hydrogen (secondary N) is 1. The zero-order chi connectivity index (χ0) is 14.3. The van der Waals surface area contributed by atoms with Crippen molar-refractivity contribution >= 4 is 21.6 Å². The van der Waals surface area contributed by atoms with Crippen LogP contribution >= 0.6 is 21.6 Å². The largest absolute Gasteiger partial charge is 0.309 e. The second-order valence-electron chi connectivity index (χ2n) is 5.73. The fraction of sp³-hybridized carbons (Fsp3) is 1.00. The van der Waals surface area contributed by atoms with Crippen molar-refractivity contribution in [2.24, 2.45) is 0 Å². The summed E-state index contributed by atoms with van der Waals surface area (Å²) in [5, 5.41) is 3.63. The normalized spacial score (nSPS) is 24.0. The number of hydrogen-bond donors (Lipinski definition) is 1. The second kappa shape index (κ2) is 9.47. The molecule has 0 aliphatic carbocycles. The summed E-state index contributed by atoms with van der Waals surface area (Å²) in [6, 6.07) is 0. The topological polar surface area (TPSA) is 21.8 Å². The molecule has 6 heteroatoms. The molecule has 0 radical (unpaired) electrons. The molecule has 0 aromatic rings. The third-order valence-electron chi connectivity index (χ3n) is 3.26. The van der Waals surface area contributed by atoms with Crippen LogP contribution in [0, 0.1) is 0 Å². The van der Waals surface area contributed by atoms with E-state index in [-0.39, 0.29) is 0 Å². The van der Waals surface area contributed by atoms with Crippen LogP contribution in [-0.4, -0.2) is 74.0 Å². The van der Waals surface area contributed by atoms with Crippen molar-refractivity contribution < 1.29 is 0 Å². The van der Waals surface area contributed by atoms with Crippen LogP contribution in [0.1, 0.15) is 25.7 Å². The summed E-state index contributed by atoms with van der Waals surface area (Å²) < 4.78 is 0. The Morgan fingerprint density at radius 1 is 0.789 bits per heavy atom. The summed E-state index contributed by atoms with van der Waals surface area (Å²) in [5.41, 5.74) is 0.900. The quantitative estimate of drug-likeness (QED) is 0.517. The molecule has 19 heavy (non-hydrogen) atoms. The van der Waals surface area contributed by atoms with Crippen LogP contribution in [0.5, 0.6) is 0 Å². The zero-order valence-corrected chi connectivity index (χ0v) is 14.7. The molecule has 1 aliphatic heterocycles. The Morgan fingerprint density at radius 2 is 1.37 bits per heavy atom. The van der Waals surface area contributed by atoms with E-state index in [1.54, 1.807) is 0 Å². The monoisotopic (exact) mass is 306 g/mol. The van der Waals surface area contributed by atoms with Gasteiger partial charge in [0.15, 0.2) is 0 Å². The summed E-state index contributed by atoms with van der Waals surface area (Å²) in [6.45, 7) is 2.41. The number of unbranched alkanes of at least 4 members (excludes halogenated alkanes) is 3. The number of nitrogens with zero attached hydrogens (tertiary/aromatic N) is 3. The van der Waals surface area contributed by atoms with E-state index in [9.17, 15) is 0 Å². The number of hydrogen-bond acceptors (Lipinski definition) is 6. The Labute approximate surface area is 127 Å². The van der Waals surface area contributed by atoms with Crippen LogP contribution in [-0.2, 0) is 0 Å². The minimum absolute atomic E-state index is 0.442. The van der Waals surface area contributed by atoms with E-state index in [2.05, 4.69) is 55.3 Å². The van der Waals surface area contributed by atoms with Crippen LogP contribution in [0.4, 0.5) is 0 Å². The van der Waals surface area contributed by atoms with Gasteiger partial charge in [-0.1, -0.05) is 34.4 Å². The lowest BCUT2D eigenvalue weighted by atomic mass is 10.2. The first-order valence-electron chi connectivity index (χ1n) is 7.10. The average Bonchev–Trinajstić information content (AvgIpc) is 2.82. The Kier molecular flexibility index (Phi) is 8.77. The SMILES string of the molecule is CN(C)CCCCCCN(C)C1NC(N(C)C)SS1. The van der Waals surface area contributed by atoms with Crippen molar-refractivity contribution in [1.82, 2.24) is 20.0 Å². The molecule has 1 saturated heterocycles. The third kappa shape index (κ3) is 7.20. The average molecular weight is 307 g/mol. The van der Waals surface area contributed by atoms with Gasteiger partial charge in [0.25, 0.3) is 0 Å². The molecule has 0 aromatic carbocycles. The minimum Gasteiger partial charge on any atom is -0.309 e. The Bertz CT molecular complexity index is 239. The summed E-state index contributed by atoms with van der Waals surface area (Å²) in [5.74, 6) is 0. The maximum atomic E-state index is 3.63. The fourth-order valence-corrected chi connectivity index (χ4v) is 4.99. The molecule has 0 saturated carbocycles. The molecule has 4 nitrogen and oxygen atoms in total. The van der Waals surface area contributed by atoms with Crippen molar-refractivity contribution in [1.29, 1.82) is 0 Å². The molecule has 0 aromatic heterocycles. The predicted molar refractivity (Wildman–Crippen MR) is 89.2 cm³/mol. The highest BCUT2D eigenvalue weighted by molar-refractivity contribution is 8.77. The summed E-state index contributed by atoms with van der Waals surface area (Å²) >= 11 is 0. The van der Waals surface area contributed by atoms with Crippen molar-refractivity contribution in [2.75, 3.05) is 48.3 Å². The Balaban J connectivity index is 2.04. The maximum absolute atomic E-state index is 3.63. The summed E-state index contributed by atoms with van der Waals surface area (Å²) in [4.78, 5) is 6.93. The standard InChI is InChI=1S/C13H30N4S2/c1-15(2)10-8-6-7-9-11-17(5)13-14-12(16(3)4)18-19-13/h12-14H,6-11H2,1-5H3. The molecule has 0 bridgehead atoms. The first-order valence-corrected chi connectivity index (χ1v) is 9.38. The first kappa shape index (κ1) is 17.6. The molecule has 1 fully saturated rings. The molecule has 2 atom stereocenters. The highest BCUT2D eigenvalue weighted by atomic mass is 33.1. The van der Waals surface area contributed by atoms with Crippen molar-refractivity contribution in [3.8, 4) is 0 Å². The molecule has 114 valence electrons. The van der Waals surface area contributed by atoms with Crippen LogP contribution in [0.15, 0.2) is 0 Å². The van der Waals surface area contributed by atoms with Gasteiger partial charge >= 0.3 is 0 Å². The summed E-state index contributed by atoms with van der Waals surface area (Å²) in [7, 11) is 14.6. The van der Waals surface area contributed by atoms with E-state index in [0.29, 0.717) is 11.0 Å². The molecule has 2 unspecified atom stereocenters. The van der Waals surface area contributed by atoms with Crippen LogP contribution < -0.4 is 5.32 Å². The van der Waals surface area contributed by atoms with Crippen LogP contribution in [0.25, 0.3) is 0 Å². The Morgan fingerprint density at radius 3 is 1.89 bits per heavy atom. The lowest BCUT2D eigenvalue weighted by Gasteiger charge is -2.25. The van der Waals surface area contributed by atoms with E-state index >= 15 is 0 Å². The fourth-order valence-electron chi connectivity index (χ4n) is 1.98. The van der Waals surface area contributed by atoms with Gasteiger partial charge < -0.3 is 4.90 Å². The van der Waals surface area contributed by atoms with E-state index in [0.717, 1.165) is 0 Å². The molecular formula is C13H30N4S2. The van der Waals surface area contributed by atoms with Crippen molar-refractivity contribution in [2.45, 2.75) is 36.7 Å². The number of rotatable bonds is 9. The second-order valence-corrected chi connectivity index (χ2v) is 8.16. The third-order valence-corrected chi connectivity index (χ3v) is 6.21. The highest BCUT2D eigenvalue weighted by Gasteiger charge is 2.29. The van der Waals surface area contributed by atoms with E-state index in [1.165, 1.54) is 38.8 Å². The van der Waals surface area contributed by atoms with E-state index in [4.69, 9.17) is 0 Å². The van der Waals surface area contributed by atoms with Gasteiger partial charge in [-0.2, -0.15) is 0 Å². The van der Waals surface area contributed by atoms with Gasteiger partial charge in [0.1, 0.15) is 11.0 Å². The van der Waals surface area contributed by atoms with E-state index in [1.807, 2.05) is 21.6 Å².